The summed E-state index contributed by atoms with van der Waals surface area (Å²) in [5.41, 5.74) is 8.55. The van der Waals surface area contributed by atoms with Gasteiger partial charge in [-0.25, -0.2) is 0 Å². The summed E-state index contributed by atoms with van der Waals surface area (Å²) in [6.07, 6.45) is 0. The first kappa shape index (κ1) is 17.0. The molecule has 0 aliphatic carbocycles. The van der Waals surface area contributed by atoms with Crippen LogP contribution in [0.4, 0.5) is 11.4 Å². The van der Waals surface area contributed by atoms with Crippen LogP contribution in [0.1, 0.15) is 5.56 Å². The Hall–Kier alpha value is -2.38. The number of methoxy groups -OCH3 is 1. The van der Waals surface area contributed by atoms with Crippen LogP contribution in [0.2, 0.25) is 0 Å². The number of anilines is 2. The molecule has 0 aromatic heterocycles. The fourth-order valence-corrected chi connectivity index (χ4v) is 2.17. The number of hydrazine groups is 1. The van der Waals surface area contributed by atoms with Gasteiger partial charge in [-0.2, -0.15) is 0 Å². The smallest absolute Gasteiger partial charge is 0.189 e. The molecule has 5 nitrogen and oxygen atoms in total. The topological polar surface area (TPSA) is 57.4 Å². The number of aryl methyl sites for hydroxylation is 1. The van der Waals surface area contributed by atoms with Crippen molar-refractivity contribution in [3.63, 3.8) is 0 Å². The van der Waals surface area contributed by atoms with Crippen molar-refractivity contribution in [1.82, 2.24) is 10.9 Å². The molecule has 0 bridgehead atoms. The zero-order chi connectivity index (χ0) is 16.7. The molecular weight excluding hydrogens is 328 g/mol. The maximum atomic E-state index is 5.23. The second kappa shape index (κ2) is 8.30. The molecule has 0 unspecified atom stereocenters. The molecule has 23 heavy (non-hydrogen) atoms. The van der Waals surface area contributed by atoms with Crippen LogP contribution in [0.5, 0.6) is 5.75 Å². The Morgan fingerprint density at radius 1 is 0.913 bits per heavy atom. The molecule has 2 rings (SSSR count). The van der Waals surface area contributed by atoms with Gasteiger partial charge < -0.3 is 15.4 Å². The first-order valence-corrected chi connectivity index (χ1v) is 7.74. The van der Waals surface area contributed by atoms with Crippen molar-refractivity contribution < 1.29 is 4.74 Å². The Labute approximate surface area is 146 Å². The summed E-state index contributed by atoms with van der Waals surface area (Å²) >= 11 is 10.4. The van der Waals surface area contributed by atoms with Gasteiger partial charge in [0, 0.05) is 17.4 Å². The van der Waals surface area contributed by atoms with Crippen molar-refractivity contribution in [2.45, 2.75) is 6.92 Å². The average Bonchev–Trinajstić information content (AvgIpc) is 2.55. The lowest BCUT2D eigenvalue weighted by molar-refractivity contribution is 0.415. The largest absolute Gasteiger partial charge is 0.497 e. The molecule has 0 amide bonds. The van der Waals surface area contributed by atoms with Gasteiger partial charge in [-0.15, -0.1) is 0 Å². The van der Waals surface area contributed by atoms with E-state index in [2.05, 4.69) is 21.5 Å². The summed E-state index contributed by atoms with van der Waals surface area (Å²) in [5.74, 6) is 0.752. The quantitative estimate of drug-likeness (QED) is 0.503. The predicted octanol–water partition coefficient (Wildman–Crippen LogP) is 3.19. The molecule has 0 fully saturated rings. The molecule has 2 aromatic rings. The fourth-order valence-electron chi connectivity index (χ4n) is 1.84. The molecule has 0 radical (unpaired) electrons. The van der Waals surface area contributed by atoms with E-state index >= 15 is 0 Å². The molecule has 7 heteroatoms. The number of ether oxygens (including phenoxy) is 1. The normalized spacial score (nSPS) is 9.65. The van der Waals surface area contributed by atoms with Gasteiger partial charge >= 0.3 is 0 Å². The van der Waals surface area contributed by atoms with E-state index < -0.39 is 0 Å². The Morgan fingerprint density at radius 3 is 2.30 bits per heavy atom. The summed E-state index contributed by atoms with van der Waals surface area (Å²) in [6, 6.07) is 15.4. The summed E-state index contributed by atoms with van der Waals surface area (Å²) < 4.78 is 5.16. The summed E-state index contributed by atoms with van der Waals surface area (Å²) in [7, 11) is 1.62. The molecule has 0 spiro atoms. The zero-order valence-corrected chi connectivity index (χ0v) is 14.5. The van der Waals surface area contributed by atoms with Crippen molar-refractivity contribution in [1.29, 1.82) is 0 Å². The summed E-state index contributed by atoms with van der Waals surface area (Å²) in [4.78, 5) is 0. The number of nitrogens with one attached hydrogen (secondary N) is 4. The second-order valence-corrected chi connectivity index (χ2v) is 5.52. The van der Waals surface area contributed by atoms with Crippen molar-refractivity contribution >= 4 is 46.0 Å². The van der Waals surface area contributed by atoms with E-state index in [0.29, 0.717) is 10.2 Å². The molecule has 120 valence electrons. The molecule has 0 aliphatic heterocycles. The van der Waals surface area contributed by atoms with E-state index in [0.717, 1.165) is 22.7 Å². The van der Waals surface area contributed by atoms with E-state index in [4.69, 9.17) is 29.2 Å². The highest BCUT2D eigenvalue weighted by Crippen LogP contribution is 2.16. The zero-order valence-electron chi connectivity index (χ0n) is 12.8. The molecule has 2 aromatic carbocycles. The van der Waals surface area contributed by atoms with Crippen LogP contribution in [-0.4, -0.2) is 17.3 Å². The Kier molecular flexibility index (Phi) is 6.13. The Bertz CT molecular complexity index is 706. The van der Waals surface area contributed by atoms with Gasteiger partial charge in [-0.05, 0) is 55.1 Å². The van der Waals surface area contributed by atoms with Crippen molar-refractivity contribution in [3.05, 3.63) is 54.1 Å². The van der Waals surface area contributed by atoms with Gasteiger partial charge in [0.05, 0.1) is 7.11 Å². The van der Waals surface area contributed by atoms with E-state index in [-0.39, 0.29) is 0 Å². The van der Waals surface area contributed by atoms with Crippen molar-refractivity contribution in [3.8, 4) is 5.75 Å². The fraction of sp³-hybridized carbons (Fsp3) is 0.125. The number of para-hydroxylation sites is 1. The lowest BCUT2D eigenvalue weighted by Crippen LogP contribution is -2.45. The molecular formula is C16H18N4OS2. The minimum atomic E-state index is 0.396. The Morgan fingerprint density at radius 2 is 1.61 bits per heavy atom. The van der Waals surface area contributed by atoms with E-state index in [1.807, 2.05) is 55.5 Å². The minimum absolute atomic E-state index is 0.396. The van der Waals surface area contributed by atoms with Crippen LogP contribution in [0.25, 0.3) is 0 Å². The average molecular weight is 346 g/mol. The van der Waals surface area contributed by atoms with Crippen molar-refractivity contribution in [2.75, 3.05) is 17.7 Å². The third-order valence-electron chi connectivity index (χ3n) is 3.01. The van der Waals surface area contributed by atoms with Crippen LogP contribution in [0.3, 0.4) is 0 Å². The standard InChI is InChI=1S/C16H18N4OS2/c1-11-6-3-4-9-14(11)18-16(23)20-19-15(22)17-12-7-5-8-13(10-12)21-2/h3-10H,1-2H3,(H2,17,19,22)(H2,18,20,23). The van der Waals surface area contributed by atoms with Crippen LogP contribution < -0.4 is 26.2 Å². The van der Waals surface area contributed by atoms with E-state index in [1.165, 1.54) is 0 Å². The number of thiocarbonyl (C=S) groups is 2. The van der Waals surface area contributed by atoms with Gasteiger partial charge in [-0.1, -0.05) is 24.3 Å². The van der Waals surface area contributed by atoms with Crippen LogP contribution in [-0.2, 0) is 0 Å². The summed E-state index contributed by atoms with van der Waals surface area (Å²) in [5, 5.41) is 6.96. The van der Waals surface area contributed by atoms with Crippen LogP contribution >= 0.6 is 24.4 Å². The van der Waals surface area contributed by atoms with Crippen molar-refractivity contribution in [2.24, 2.45) is 0 Å². The molecule has 0 saturated carbocycles. The second-order valence-electron chi connectivity index (χ2n) is 4.71. The molecule has 4 N–H and O–H groups in total. The van der Waals surface area contributed by atoms with Crippen LogP contribution in [0, 0.1) is 6.92 Å². The molecule has 0 atom stereocenters. The van der Waals surface area contributed by atoms with Crippen LogP contribution in [0.15, 0.2) is 48.5 Å². The predicted molar refractivity (Wildman–Crippen MR) is 103 cm³/mol. The number of hydrogen-bond acceptors (Lipinski definition) is 3. The molecule has 0 saturated heterocycles. The third kappa shape index (κ3) is 5.39. The van der Waals surface area contributed by atoms with Gasteiger partial charge in [-0.3, -0.25) is 10.9 Å². The maximum absolute atomic E-state index is 5.23. The van der Waals surface area contributed by atoms with Gasteiger partial charge in [0.2, 0.25) is 0 Å². The third-order valence-corrected chi connectivity index (χ3v) is 3.42. The Balaban J connectivity index is 1.82. The highest BCUT2D eigenvalue weighted by Gasteiger charge is 2.02. The molecule has 0 heterocycles. The molecule has 0 aliphatic rings. The van der Waals surface area contributed by atoms with Gasteiger partial charge in [0.1, 0.15) is 5.75 Å². The van der Waals surface area contributed by atoms with Gasteiger partial charge in [0.25, 0.3) is 0 Å². The van der Waals surface area contributed by atoms with E-state index in [1.54, 1.807) is 7.11 Å². The SMILES string of the molecule is COc1cccc(NC(=S)NNC(=S)Nc2ccccc2C)c1. The highest BCUT2D eigenvalue weighted by atomic mass is 32.1. The highest BCUT2D eigenvalue weighted by molar-refractivity contribution is 7.81. The number of hydrogen-bond donors (Lipinski definition) is 4. The van der Waals surface area contributed by atoms with Gasteiger partial charge in [0.15, 0.2) is 10.2 Å². The number of benzene rings is 2. The first-order valence-electron chi connectivity index (χ1n) is 6.92. The summed E-state index contributed by atoms with van der Waals surface area (Å²) in [6.45, 7) is 2.01. The lowest BCUT2D eigenvalue weighted by Gasteiger charge is -2.15. The monoisotopic (exact) mass is 346 g/mol. The first-order chi connectivity index (χ1) is 11.1. The minimum Gasteiger partial charge on any atom is -0.497 e. The maximum Gasteiger partial charge on any atom is 0.189 e. The van der Waals surface area contributed by atoms with E-state index in [9.17, 15) is 0 Å². The lowest BCUT2D eigenvalue weighted by atomic mass is 10.2. The number of rotatable bonds is 3.